The topological polar surface area (TPSA) is 109 Å². The zero-order valence-corrected chi connectivity index (χ0v) is 21.4. The lowest BCUT2D eigenvalue weighted by molar-refractivity contribution is 0.474. The fourth-order valence-electron chi connectivity index (χ4n) is 2.96. The second-order valence-electron chi connectivity index (χ2n) is 7.62. The Bertz CT molecular complexity index is 1250. The number of rotatable bonds is 4. The van der Waals surface area contributed by atoms with Gasteiger partial charge in [0.05, 0.1) is 19.6 Å². The normalized spacial score (nSPS) is 11.0. The number of aryl methyl sites for hydroxylation is 2. The number of hydrogen-bond donors (Lipinski definition) is 2. The molecule has 186 valence electrons. The minimum atomic E-state index is -3.48. The van der Waals surface area contributed by atoms with E-state index in [1.165, 1.54) is 48.5 Å². The van der Waals surface area contributed by atoms with Crippen LogP contribution in [-0.4, -0.2) is 27.0 Å². The third kappa shape index (κ3) is 6.85. The Labute approximate surface area is 213 Å². The third-order valence-corrected chi connectivity index (χ3v) is 8.53. The molecule has 0 atom stereocenters. The van der Waals surface area contributed by atoms with E-state index >= 15 is 0 Å². The number of sulfone groups is 2. The van der Waals surface area contributed by atoms with Crippen LogP contribution in [0, 0.1) is 13.8 Å². The molecule has 4 aromatic carbocycles. The molecule has 4 rings (SSSR count). The van der Waals surface area contributed by atoms with Crippen molar-refractivity contribution < 1.29 is 28.5 Å². The van der Waals surface area contributed by atoms with E-state index in [1.54, 1.807) is 48.5 Å². The first-order chi connectivity index (χ1) is 16.0. The molecule has 0 fully saturated rings. The molecule has 35 heavy (non-hydrogen) atoms. The van der Waals surface area contributed by atoms with Gasteiger partial charge in [-0.15, -0.1) is 12.4 Å². The summed E-state index contributed by atoms with van der Waals surface area (Å²) in [6.45, 7) is 3.80. The van der Waals surface area contributed by atoms with Crippen molar-refractivity contribution in [1.82, 2.24) is 0 Å². The van der Waals surface area contributed by atoms with Crippen LogP contribution in [0.4, 0.5) is 0 Å². The lowest BCUT2D eigenvalue weighted by Gasteiger charge is -2.04. The largest absolute Gasteiger partial charge is 0.508 e. The van der Waals surface area contributed by atoms with Crippen molar-refractivity contribution >= 4 is 32.1 Å². The second kappa shape index (κ2) is 11.4. The molecule has 6 nitrogen and oxygen atoms in total. The minimum Gasteiger partial charge on any atom is -0.508 e. The molecule has 0 radical (unpaired) electrons. The molecule has 0 amide bonds. The van der Waals surface area contributed by atoms with Gasteiger partial charge in [0.2, 0.25) is 19.7 Å². The number of phenols is 2. The summed E-state index contributed by atoms with van der Waals surface area (Å²) in [4.78, 5) is 0.876. The summed E-state index contributed by atoms with van der Waals surface area (Å²) in [6.07, 6.45) is 0. The van der Waals surface area contributed by atoms with E-state index in [-0.39, 0.29) is 44.9 Å². The van der Waals surface area contributed by atoms with Crippen LogP contribution in [0.1, 0.15) is 12.6 Å². The van der Waals surface area contributed by atoms with Gasteiger partial charge in [0.1, 0.15) is 11.5 Å². The van der Waals surface area contributed by atoms with Crippen LogP contribution >= 0.6 is 12.4 Å². The van der Waals surface area contributed by atoms with Gasteiger partial charge in [0.25, 0.3) is 0 Å². The minimum absolute atomic E-state index is 0. The van der Waals surface area contributed by atoms with Gasteiger partial charge in [0.15, 0.2) is 0 Å². The maximum atomic E-state index is 12.2. The van der Waals surface area contributed by atoms with Gasteiger partial charge in [-0.1, -0.05) is 35.4 Å². The smallest absolute Gasteiger partial charge is 0.206 e. The summed E-state index contributed by atoms with van der Waals surface area (Å²) in [5.74, 6) is 0.0979. The highest BCUT2D eigenvalue weighted by Crippen LogP contribution is 2.24. The van der Waals surface area contributed by atoms with Crippen LogP contribution in [-0.2, 0) is 19.7 Å². The highest BCUT2D eigenvalue weighted by Gasteiger charge is 2.17. The Kier molecular flexibility index (Phi) is 9.09. The van der Waals surface area contributed by atoms with Gasteiger partial charge >= 0.3 is 0 Å². The molecule has 0 saturated carbocycles. The fraction of sp³-hybridized carbons (Fsp3) is 0.0769. The zero-order chi connectivity index (χ0) is 24.9. The van der Waals surface area contributed by atoms with Crippen molar-refractivity contribution in [2.24, 2.45) is 0 Å². The third-order valence-electron chi connectivity index (χ3n) is 4.96. The number of halogens is 1. The van der Waals surface area contributed by atoms with E-state index in [2.05, 4.69) is 0 Å². The Morgan fingerprint density at radius 1 is 0.457 bits per heavy atom. The van der Waals surface area contributed by atoms with Crippen molar-refractivity contribution in [2.45, 2.75) is 33.4 Å². The SMILES string of the molecule is Cc1ccc(S(=O)(=O)c2ccc(O)cc2)cc1.Cc1ccc(S(=O)(=O)c2ccc(O)cc2)cc1.Cl.[HH]. The number of aromatic hydroxyl groups is 2. The van der Waals surface area contributed by atoms with Crippen LogP contribution in [0.15, 0.2) is 117 Å². The summed E-state index contributed by atoms with van der Waals surface area (Å²) in [5.41, 5.74) is 2.02. The summed E-state index contributed by atoms with van der Waals surface area (Å²) >= 11 is 0. The fourth-order valence-corrected chi connectivity index (χ4v) is 5.48. The van der Waals surface area contributed by atoms with Crippen LogP contribution in [0.2, 0.25) is 0 Å². The molecule has 2 N–H and O–H groups in total. The molecule has 0 aromatic heterocycles. The van der Waals surface area contributed by atoms with Crippen molar-refractivity contribution in [3.63, 3.8) is 0 Å². The quantitative estimate of drug-likeness (QED) is 0.346. The van der Waals surface area contributed by atoms with Gasteiger partial charge in [-0.05, 0) is 86.6 Å². The first-order valence-electron chi connectivity index (χ1n) is 10.2. The molecule has 0 aliphatic rings. The van der Waals surface area contributed by atoms with Crippen molar-refractivity contribution in [3.8, 4) is 11.5 Å². The first kappa shape index (κ1) is 27.9. The van der Waals surface area contributed by atoms with Gasteiger partial charge in [0, 0.05) is 1.43 Å². The molecular formula is C26H27ClO6S2. The summed E-state index contributed by atoms with van der Waals surface area (Å²) in [7, 11) is -6.97. The van der Waals surface area contributed by atoms with Crippen molar-refractivity contribution in [1.29, 1.82) is 0 Å². The molecule has 0 aliphatic heterocycles. The molecule has 0 unspecified atom stereocenters. The van der Waals surface area contributed by atoms with E-state index in [0.717, 1.165) is 11.1 Å². The Hall–Kier alpha value is -3.33. The first-order valence-corrected chi connectivity index (χ1v) is 13.2. The van der Waals surface area contributed by atoms with E-state index in [0.29, 0.717) is 0 Å². The average molecular weight is 535 g/mol. The van der Waals surface area contributed by atoms with Crippen molar-refractivity contribution in [2.75, 3.05) is 0 Å². The molecule has 0 spiro atoms. The Morgan fingerprint density at radius 2 is 0.657 bits per heavy atom. The van der Waals surface area contributed by atoms with E-state index in [4.69, 9.17) is 10.2 Å². The van der Waals surface area contributed by atoms with Gasteiger partial charge in [-0.25, -0.2) is 16.8 Å². The van der Waals surface area contributed by atoms with Crippen LogP contribution in [0.3, 0.4) is 0 Å². The molecule has 9 heteroatoms. The van der Waals surface area contributed by atoms with Crippen LogP contribution in [0.5, 0.6) is 11.5 Å². The monoisotopic (exact) mass is 534 g/mol. The standard InChI is InChI=1S/2C13H12O3S.ClH.H2/c2*1-10-2-6-12(7-3-10)17(15,16)13-8-4-11(14)5-9-13;;/h2*2-9,14H,1H3;2*1H. The maximum Gasteiger partial charge on any atom is 0.206 e. The Morgan fingerprint density at radius 3 is 0.886 bits per heavy atom. The average Bonchev–Trinajstić information content (AvgIpc) is 2.81. The highest BCUT2D eigenvalue weighted by atomic mass is 35.5. The van der Waals surface area contributed by atoms with Gasteiger partial charge in [-0.3, -0.25) is 0 Å². The van der Waals surface area contributed by atoms with Gasteiger partial charge in [-0.2, -0.15) is 0 Å². The highest BCUT2D eigenvalue weighted by molar-refractivity contribution is 7.91. The molecule has 4 aromatic rings. The Balaban J connectivity index is 0.000000341. The summed E-state index contributed by atoms with van der Waals surface area (Å²) < 4.78 is 48.7. The van der Waals surface area contributed by atoms with Gasteiger partial charge < -0.3 is 10.2 Å². The summed E-state index contributed by atoms with van der Waals surface area (Å²) in [6, 6.07) is 24.4. The predicted octanol–water partition coefficient (Wildman–Crippen LogP) is 5.73. The van der Waals surface area contributed by atoms with E-state index in [1.807, 2.05) is 13.8 Å². The predicted molar refractivity (Wildman–Crippen MR) is 139 cm³/mol. The lowest BCUT2D eigenvalue weighted by atomic mass is 10.2. The van der Waals surface area contributed by atoms with Crippen molar-refractivity contribution in [3.05, 3.63) is 108 Å². The summed E-state index contributed by atoms with van der Waals surface area (Å²) in [5, 5.41) is 18.3. The molecule has 0 bridgehead atoms. The van der Waals surface area contributed by atoms with E-state index < -0.39 is 19.7 Å². The molecule has 0 heterocycles. The van der Waals surface area contributed by atoms with E-state index in [9.17, 15) is 16.8 Å². The zero-order valence-electron chi connectivity index (χ0n) is 19.0. The maximum absolute atomic E-state index is 12.2. The lowest BCUT2D eigenvalue weighted by Crippen LogP contribution is -2.01. The van der Waals surface area contributed by atoms with Crippen LogP contribution < -0.4 is 0 Å². The molecule has 0 aliphatic carbocycles. The molecular weight excluding hydrogens is 508 g/mol. The van der Waals surface area contributed by atoms with Crippen LogP contribution in [0.25, 0.3) is 0 Å². The molecule has 0 saturated heterocycles. The second-order valence-corrected chi connectivity index (χ2v) is 11.5. The number of benzene rings is 4. The number of phenolic OH excluding ortho intramolecular Hbond substituents is 2. The number of hydrogen-bond acceptors (Lipinski definition) is 6.